The van der Waals surface area contributed by atoms with Crippen molar-refractivity contribution in [1.29, 1.82) is 0 Å². The second kappa shape index (κ2) is 14.0. The van der Waals surface area contributed by atoms with Crippen LogP contribution in [0.1, 0.15) is 0 Å². The normalized spacial score (nSPS) is 11.5. The van der Waals surface area contributed by atoms with Crippen molar-refractivity contribution in [2.45, 2.75) is 0 Å². The molecule has 0 aliphatic rings. The Morgan fingerprint density at radius 3 is 1.63 bits per heavy atom. The molecule has 0 unspecified atom stereocenters. The van der Waals surface area contributed by atoms with Crippen LogP contribution in [0, 0.1) is 0 Å². The van der Waals surface area contributed by atoms with E-state index in [1.807, 2.05) is 0 Å². The standard InChI is InChI=1S/C54H36N2Se/c1-3-13-39(14-4-1)45-17-7-10-20-50(45)55(43-29-23-37(24-30-43)40-28-34-54-49(35-40)48-19-9-12-22-53(48)57-54)44-31-25-38(26-32-44)41-27-33-47-46-18-8-11-21-51(46)56(52(47)36-41)42-15-5-2-6-16-42/h1-36H. The third-order valence-electron chi connectivity index (χ3n) is 11.2. The van der Waals surface area contributed by atoms with Crippen LogP contribution in [-0.2, 0) is 0 Å². The molecule has 2 nitrogen and oxygen atoms in total. The number of benzene rings is 9. The first-order valence-electron chi connectivity index (χ1n) is 19.4. The van der Waals surface area contributed by atoms with Crippen LogP contribution in [0.2, 0.25) is 0 Å². The van der Waals surface area contributed by atoms with Gasteiger partial charge in [-0.15, -0.1) is 0 Å². The summed E-state index contributed by atoms with van der Waals surface area (Å²) >= 11 is 0.366. The van der Waals surface area contributed by atoms with E-state index in [2.05, 4.69) is 228 Å². The molecule has 268 valence electrons. The van der Waals surface area contributed by atoms with Gasteiger partial charge < -0.3 is 4.57 Å². The Bertz CT molecular complexity index is 3210. The summed E-state index contributed by atoms with van der Waals surface area (Å²) in [6.07, 6.45) is 0. The first kappa shape index (κ1) is 33.4. The molecule has 0 radical (unpaired) electrons. The van der Waals surface area contributed by atoms with Gasteiger partial charge in [0.15, 0.2) is 0 Å². The molecule has 0 saturated carbocycles. The number of nitrogens with zero attached hydrogens (tertiary/aromatic N) is 2. The molecule has 0 atom stereocenters. The van der Waals surface area contributed by atoms with Gasteiger partial charge in [-0.3, -0.25) is 0 Å². The third-order valence-corrected chi connectivity index (χ3v) is 13.6. The fraction of sp³-hybridized carbons (Fsp3) is 0. The van der Waals surface area contributed by atoms with Crippen molar-refractivity contribution < 1.29 is 0 Å². The molecule has 0 bridgehead atoms. The van der Waals surface area contributed by atoms with Crippen molar-refractivity contribution in [3.05, 3.63) is 218 Å². The fourth-order valence-electron chi connectivity index (χ4n) is 8.47. The summed E-state index contributed by atoms with van der Waals surface area (Å²) in [5.74, 6) is 0. The van der Waals surface area contributed by atoms with Crippen LogP contribution in [-0.4, -0.2) is 19.1 Å². The molecule has 0 saturated heterocycles. The van der Waals surface area contributed by atoms with Crippen molar-refractivity contribution in [1.82, 2.24) is 4.57 Å². The molecule has 11 rings (SSSR count). The second-order valence-electron chi connectivity index (χ2n) is 14.5. The summed E-state index contributed by atoms with van der Waals surface area (Å²) < 4.78 is 5.33. The number of rotatable bonds is 7. The predicted octanol–water partition coefficient (Wildman–Crippen LogP) is 14.6. The summed E-state index contributed by atoms with van der Waals surface area (Å²) in [5.41, 5.74) is 14.1. The van der Waals surface area contributed by atoms with Gasteiger partial charge in [0.1, 0.15) is 0 Å². The maximum absolute atomic E-state index is 2.40. The van der Waals surface area contributed by atoms with Gasteiger partial charge >= 0.3 is 187 Å². The van der Waals surface area contributed by atoms with E-state index in [1.165, 1.54) is 74.5 Å². The first-order valence-corrected chi connectivity index (χ1v) is 21.1. The molecule has 11 aromatic rings. The van der Waals surface area contributed by atoms with E-state index in [4.69, 9.17) is 0 Å². The number of aromatic nitrogens is 1. The quantitative estimate of drug-likeness (QED) is 0.146. The first-order chi connectivity index (χ1) is 28.3. The molecule has 0 N–H and O–H groups in total. The Kier molecular flexibility index (Phi) is 8.21. The molecule has 0 amide bonds. The van der Waals surface area contributed by atoms with E-state index in [1.54, 1.807) is 0 Å². The van der Waals surface area contributed by atoms with Crippen molar-refractivity contribution in [3.8, 4) is 39.1 Å². The zero-order chi connectivity index (χ0) is 37.7. The largest absolute Gasteiger partial charge is 0.0616 e. The second-order valence-corrected chi connectivity index (χ2v) is 16.8. The van der Waals surface area contributed by atoms with Crippen LogP contribution in [0.25, 0.3) is 80.2 Å². The van der Waals surface area contributed by atoms with Gasteiger partial charge in [0, 0.05) is 16.5 Å². The molecule has 2 aromatic heterocycles. The average Bonchev–Trinajstić information content (AvgIpc) is 3.83. The van der Waals surface area contributed by atoms with E-state index in [0.717, 1.165) is 22.7 Å². The molecule has 0 spiro atoms. The molecule has 0 aliphatic carbocycles. The predicted molar refractivity (Wildman–Crippen MR) is 244 cm³/mol. The maximum atomic E-state index is 2.40. The van der Waals surface area contributed by atoms with Gasteiger partial charge in [0.05, 0.1) is 11.0 Å². The van der Waals surface area contributed by atoms with Crippen molar-refractivity contribution in [2.24, 2.45) is 0 Å². The van der Waals surface area contributed by atoms with Crippen LogP contribution in [0.3, 0.4) is 0 Å². The number of hydrogen-bond donors (Lipinski definition) is 0. The van der Waals surface area contributed by atoms with Crippen molar-refractivity contribution in [2.75, 3.05) is 4.90 Å². The van der Waals surface area contributed by atoms with E-state index in [0.29, 0.717) is 14.5 Å². The van der Waals surface area contributed by atoms with Gasteiger partial charge in [0.2, 0.25) is 0 Å². The van der Waals surface area contributed by atoms with Crippen LogP contribution >= 0.6 is 0 Å². The maximum Gasteiger partial charge on any atom is -0.0543 e. The monoisotopic (exact) mass is 792 g/mol. The Balaban J connectivity index is 1.01. The smallest absolute Gasteiger partial charge is 0.0543 e. The summed E-state index contributed by atoms with van der Waals surface area (Å²) in [6.45, 7) is 0. The molecule has 57 heavy (non-hydrogen) atoms. The summed E-state index contributed by atoms with van der Waals surface area (Å²) in [7, 11) is 0. The Hall–Kier alpha value is -6.90. The average molecular weight is 792 g/mol. The van der Waals surface area contributed by atoms with Gasteiger partial charge in [-0.25, -0.2) is 0 Å². The molecule has 3 heteroatoms. The minimum Gasteiger partial charge on any atom is -0.0616 e. The van der Waals surface area contributed by atoms with Gasteiger partial charge in [-0.2, -0.15) is 0 Å². The van der Waals surface area contributed by atoms with Gasteiger partial charge in [0.25, 0.3) is 0 Å². The summed E-state index contributed by atoms with van der Waals surface area (Å²) in [5, 5.41) is 5.29. The Morgan fingerprint density at radius 1 is 0.333 bits per heavy atom. The van der Waals surface area contributed by atoms with Crippen LogP contribution in [0.5, 0.6) is 0 Å². The van der Waals surface area contributed by atoms with Crippen LogP contribution in [0.4, 0.5) is 17.1 Å². The zero-order valence-electron chi connectivity index (χ0n) is 31.1. The molecular formula is C54H36N2Se. The Labute approximate surface area is 337 Å². The minimum absolute atomic E-state index is 0.366. The van der Waals surface area contributed by atoms with E-state index < -0.39 is 0 Å². The van der Waals surface area contributed by atoms with Gasteiger partial charge in [-0.05, 0) is 35.4 Å². The van der Waals surface area contributed by atoms with Crippen molar-refractivity contribution >= 4 is 72.7 Å². The SMILES string of the molecule is c1ccc(-c2ccccc2N(c2ccc(-c3ccc4[se]c5ccccc5c4c3)cc2)c2ccc(-c3ccc4c5ccccc5n(-c5ccccc5)c4c3)cc2)cc1. The molecule has 0 fully saturated rings. The number of hydrogen-bond acceptors (Lipinski definition) is 1. The molecular weight excluding hydrogens is 756 g/mol. The Morgan fingerprint density at radius 2 is 0.877 bits per heavy atom. The van der Waals surface area contributed by atoms with Crippen molar-refractivity contribution in [3.63, 3.8) is 0 Å². The topological polar surface area (TPSA) is 8.17 Å². The van der Waals surface area contributed by atoms with E-state index in [9.17, 15) is 0 Å². The van der Waals surface area contributed by atoms with Crippen LogP contribution in [0.15, 0.2) is 218 Å². The summed E-state index contributed by atoms with van der Waals surface area (Å²) in [4.78, 5) is 2.40. The molecule has 0 aliphatic heterocycles. The number of fused-ring (bicyclic) bond motifs is 6. The minimum atomic E-state index is 0.366. The fourth-order valence-corrected chi connectivity index (χ4v) is 10.8. The van der Waals surface area contributed by atoms with E-state index >= 15 is 0 Å². The third kappa shape index (κ3) is 5.88. The zero-order valence-corrected chi connectivity index (χ0v) is 32.8. The molecule has 2 heterocycles. The van der Waals surface area contributed by atoms with E-state index in [-0.39, 0.29) is 0 Å². The summed E-state index contributed by atoms with van der Waals surface area (Å²) in [6, 6.07) is 79.7. The number of para-hydroxylation sites is 3. The van der Waals surface area contributed by atoms with Gasteiger partial charge in [-0.1, -0.05) is 84.9 Å². The number of anilines is 3. The molecule has 9 aromatic carbocycles. The van der Waals surface area contributed by atoms with Crippen LogP contribution < -0.4 is 4.90 Å².